The third-order valence-corrected chi connectivity index (χ3v) is 6.41. The Morgan fingerprint density at radius 2 is 0.727 bits per heavy atom. The first-order valence-electron chi connectivity index (χ1n) is 7.35. The van der Waals surface area contributed by atoms with Crippen LogP contribution in [0.15, 0.2) is 24.3 Å². The zero-order valence-corrected chi connectivity index (χ0v) is 16.6. The molecule has 0 saturated carbocycles. The summed E-state index contributed by atoms with van der Waals surface area (Å²) >= 11 is -3.97. The summed E-state index contributed by atoms with van der Waals surface area (Å²) in [6.07, 6.45) is -7.79. The van der Waals surface area contributed by atoms with Crippen molar-refractivity contribution in [3.63, 3.8) is 0 Å². The zero-order chi connectivity index (χ0) is 26.7. The van der Waals surface area contributed by atoms with Gasteiger partial charge < -0.3 is 0 Å². The van der Waals surface area contributed by atoms with E-state index in [1.807, 2.05) is 0 Å². The van der Waals surface area contributed by atoms with Crippen molar-refractivity contribution in [1.82, 2.24) is 0 Å². The van der Waals surface area contributed by atoms with E-state index >= 15 is 0 Å². The number of benzene rings is 1. The molecule has 0 aliphatic carbocycles. The van der Waals surface area contributed by atoms with Gasteiger partial charge in [0, 0.05) is 0 Å². The SMILES string of the molecule is Fc1ccc([I+]C(F)(F)C(F)(F)C(F)(F)C(F)(F)C(F)(F)C(F)(F)C(F)(F)C(F)(F)F)cc1. The summed E-state index contributed by atoms with van der Waals surface area (Å²) in [6.45, 7) is 0. The zero-order valence-electron chi connectivity index (χ0n) is 14.5. The molecule has 1 aromatic carbocycles. The van der Waals surface area contributed by atoms with Crippen LogP contribution >= 0.6 is 0 Å². The second-order valence-electron chi connectivity index (χ2n) is 5.97. The van der Waals surface area contributed by atoms with Gasteiger partial charge in [-0.05, 0) is 24.3 Å². The molecule has 0 aliphatic rings. The van der Waals surface area contributed by atoms with E-state index in [0.29, 0.717) is 12.1 Å². The predicted octanol–water partition coefficient (Wildman–Crippen LogP) is 4.05. The van der Waals surface area contributed by atoms with E-state index in [1.54, 1.807) is 0 Å². The van der Waals surface area contributed by atoms with Crippen LogP contribution in [-0.4, -0.2) is 45.6 Å². The van der Waals surface area contributed by atoms with Crippen LogP contribution in [0.3, 0.4) is 0 Å². The van der Waals surface area contributed by atoms with Crippen LogP contribution in [-0.2, 0) is 0 Å². The van der Waals surface area contributed by atoms with E-state index in [0.717, 1.165) is 0 Å². The normalized spacial score (nSPS) is 15.7. The summed E-state index contributed by atoms with van der Waals surface area (Å²) in [4.78, 5) is 0. The number of hydrogen-bond acceptors (Lipinski definition) is 0. The average Bonchev–Trinajstić information content (AvgIpc) is 2.61. The van der Waals surface area contributed by atoms with E-state index < -0.39 is 76.2 Å². The van der Waals surface area contributed by atoms with E-state index in [2.05, 4.69) is 0 Å². The molecule has 1 rings (SSSR count). The standard InChI is InChI=1S/C14H4F18I/c15-5-1-3-6(4-2-5)33-14(31,32)12(26,27)10(22,23)8(18,19)7(16,17)9(20,21)11(24,25)13(28,29)30/h1-4H/q+1. The maximum atomic E-state index is 13.8. The lowest BCUT2D eigenvalue weighted by molar-refractivity contribution is -0.790. The summed E-state index contributed by atoms with van der Waals surface area (Å²) in [5.74, 6) is -51.1. The highest BCUT2D eigenvalue weighted by molar-refractivity contribution is 5.14. The second-order valence-corrected chi connectivity index (χ2v) is 9.11. The molecule has 0 saturated heterocycles. The fourth-order valence-corrected chi connectivity index (χ4v) is 4.01. The first-order valence-corrected chi connectivity index (χ1v) is 9.51. The molecule has 0 N–H and O–H groups in total. The van der Waals surface area contributed by atoms with Crippen molar-refractivity contribution in [2.45, 2.75) is 45.6 Å². The highest BCUT2D eigenvalue weighted by atomic mass is 127. The van der Waals surface area contributed by atoms with Crippen molar-refractivity contribution in [2.24, 2.45) is 0 Å². The molecule has 19 heteroatoms. The monoisotopic (exact) mass is 641 g/mol. The Bertz CT molecular complexity index is 837. The molecule has 0 nitrogen and oxygen atoms in total. The molecular weight excluding hydrogens is 637 g/mol. The third-order valence-electron chi connectivity index (χ3n) is 3.72. The summed E-state index contributed by atoms with van der Waals surface area (Å²) in [7, 11) is 0. The summed E-state index contributed by atoms with van der Waals surface area (Å²) < 4.78 is 228. The minimum absolute atomic E-state index is 0.259. The molecular formula is C14H4F18I+. The van der Waals surface area contributed by atoms with Gasteiger partial charge in [-0.25, -0.2) is 4.39 Å². The van der Waals surface area contributed by atoms with Crippen molar-refractivity contribution in [3.8, 4) is 0 Å². The number of alkyl halides is 18. The van der Waals surface area contributed by atoms with Crippen LogP contribution in [0.5, 0.6) is 0 Å². The van der Waals surface area contributed by atoms with E-state index in [1.165, 1.54) is 0 Å². The molecule has 0 spiro atoms. The number of hydrogen-bond donors (Lipinski definition) is 0. The smallest absolute Gasteiger partial charge is 0.207 e. The van der Waals surface area contributed by atoms with Crippen LogP contribution in [0.2, 0.25) is 0 Å². The Morgan fingerprint density at radius 3 is 1.06 bits per heavy atom. The highest BCUT2D eigenvalue weighted by Gasteiger charge is 2.97. The van der Waals surface area contributed by atoms with E-state index in [4.69, 9.17) is 0 Å². The van der Waals surface area contributed by atoms with Gasteiger partial charge in [-0.1, -0.05) is 0 Å². The molecule has 0 radical (unpaired) electrons. The van der Waals surface area contributed by atoms with Crippen LogP contribution in [0.1, 0.15) is 0 Å². The average molecular weight is 641 g/mol. The first-order chi connectivity index (χ1) is 14.2. The van der Waals surface area contributed by atoms with Gasteiger partial charge in [0.1, 0.15) is 5.82 Å². The third kappa shape index (κ3) is 4.30. The fraction of sp³-hybridized carbons (Fsp3) is 0.571. The molecule has 192 valence electrons. The minimum Gasteiger partial charge on any atom is -0.207 e. The Balaban J connectivity index is 3.57. The molecule has 0 atom stereocenters. The largest absolute Gasteiger partial charge is 0.516 e. The molecule has 0 unspecified atom stereocenters. The van der Waals surface area contributed by atoms with Crippen molar-refractivity contribution in [1.29, 1.82) is 0 Å². The molecule has 0 bridgehead atoms. The van der Waals surface area contributed by atoms with E-state index in [-0.39, 0.29) is 12.1 Å². The number of rotatable bonds is 8. The van der Waals surface area contributed by atoms with Gasteiger partial charge in [0.2, 0.25) is 0 Å². The summed E-state index contributed by atoms with van der Waals surface area (Å²) in [5, 5.41) is 0. The Kier molecular flexibility index (Phi) is 7.32. The maximum Gasteiger partial charge on any atom is 0.516 e. The lowest BCUT2D eigenvalue weighted by Gasteiger charge is -2.41. The molecule has 33 heavy (non-hydrogen) atoms. The Hall–Kier alpha value is -1.31. The summed E-state index contributed by atoms with van der Waals surface area (Å²) in [6, 6.07) is 1.11. The summed E-state index contributed by atoms with van der Waals surface area (Å²) in [5.41, 5.74) is 0. The van der Waals surface area contributed by atoms with Gasteiger partial charge >= 0.3 is 66.8 Å². The van der Waals surface area contributed by atoms with Crippen LogP contribution in [0, 0.1) is 9.39 Å². The van der Waals surface area contributed by atoms with Crippen LogP contribution < -0.4 is 21.2 Å². The topological polar surface area (TPSA) is 0 Å². The lowest BCUT2D eigenvalue weighted by atomic mass is 9.91. The minimum atomic E-state index is -8.64. The maximum absolute atomic E-state index is 13.8. The lowest BCUT2D eigenvalue weighted by Crippen LogP contribution is -3.68. The number of halogens is 19. The molecule has 0 aromatic heterocycles. The van der Waals surface area contributed by atoms with Gasteiger partial charge in [0.25, 0.3) is 0 Å². The molecule has 0 heterocycles. The van der Waals surface area contributed by atoms with Crippen molar-refractivity contribution >= 4 is 0 Å². The highest BCUT2D eigenvalue weighted by Crippen LogP contribution is 2.63. The fourth-order valence-electron chi connectivity index (χ4n) is 1.83. The molecule has 0 aliphatic heterocycles. The van der Waals surface area contributed by atoms with Gasteiger partial charge in [-0.15, -0.1) is 0 Å². The van der Waals surface area contributed by atoms with Crippen molar-refractivity contribution in [2.75, 3.05) is 0 Å². The van der Waals surface area contributed by atoms with Gasteiger partial charge in [0.05, 0.1) is 0 Å². The molecule has 1 aromatic rings. The predicted molar refractivity (Wildman–Crippen MR) is 65.8 cm³/mol. The van der Waals surface area contributed by atoms with Crippen molar-refractivity contribution in [3.05, 3.63) is 33.7 Å². The van der Waals surface area contributed by atoms with Crippen molar-refractivity contribution < 1.29 is 100 Å². The first kappa shape index (κ1) is 29.7. The van der Waals surface area contributed by atoms with Gasteiger partial charge in [-0.3, -0.25) is 0 Å². The molecule has 0 amide bonds. The van der Waals surface area contributed by atoms with Gasteiger partial charge in [-0.2, -0.15) is 74.6 Å². The van der Waals surface area contributed by atoms with E-state index in [9.17, 15) is 79.0 Å². The van der Waals surface area contributed by atoms with Crippen LogP contribution in [0.4, 0.5) is 79.0 Å². The Labute approximate surface area is 180 Å². The second kappa shape index (κ2) is 8.13. The van der Waals surface area contributed by atoms with Gasteiger partial charge in [0.15, 0.2) is 3.57 Å². The quantitative estimate of drug-likeness (QED) is 0.229. The van der Waals surface area contributed by atoms with Crippen LogP contribution in [0.25, 0.3) is 0 Å². The Morgan fingerprint density at radius 1 is 0.424 bits per heavy atom. The molecule has 0 fully saturated rings.